The van der Waals surface area contributed by atoms with Crippen LogP contribution in [0.5, 0.6) is 5.75 Å². The number of imidazole rings is 1. The molecular formula is C21H26N4OS. The van der Waals surface area contributed by atoms with Crippen molar-refractivity contribution in [3.63, 3.8) is 0 Å². The number of aromatic nitrogens is 3. The Balaban J connectivity index is 1.64. The quantitative estimate of drug-likeness (QED) is 0.654. The van der Waals surface area contributed by atoms with Gasteiger partial charge in [-0.1, -0.05) is 18.6 Å². The molecule has 1 fully saturated rings. The third-order valence-corrected chi connectivity index (χ3v) is 6.16. The van der Waals surface area contributed by atoms with E-state index in [2.05, 4.69) is 40.1 Å². The molecular weight excluding hydrogens is 356 g/mol. The van der Waals surface area contributed by atoms with Crippen LogP contribution in [0.25, 0.3) is 22.6 Å². The second kappa shape index (κ2) is 7.90. The predicted molar refractivity (Wildman–Crippen MR) is 112 cm³/mol. The van der Waals surface area contributed by atoms with Gasteiger partial charge in [0, 0.05) is 24.1 Å². The molecule has 4 rings (SSSR count). The molecule has 3 heterocycles. The van der Waals surface area contributed by atoms with E-state index in [4.69, 9.17) is 9.72 Å². The monoisotopic (exact) mass is 382 g/mol. The van der Waals surface area contributed by atoms with Crippen molar-refractivity contribution in [2.45, 2.75) is 32.2 Å². The van der Waals surface area contributed by atoms with Gasteiger partial charge in [-0.05, 0) is 63.5 Å². The van der Waals surface area contributed by atoms with Crippen molar-refractivity contribution in [1.82, 2.24) is 18.8 Å². The molecule has 0 N–H and O–H groups in total. The normalized spacial score (nSPS) is 18.1. The number of hydrogen-bond acceptors (Lipinski definition) is 5. The maximum atomic E-state index is 6.23. The Morgan fingerprint density at radius 1 is 1.22 bits per heavy atom. The molecule has 0 amide bonds. The molecule has 0 saturated carbocycles. The summed E-state index contributed by atoms with van der Waals surface area (Å²) in [7, 11) is 2.19. The number of ether oxygens (including phenoxy) is 1. The molecule has 3 aromatic rings. The minimum Gasteiger partial charge on any atom is -0.492 e. The summed E-state index contributed by atoms with van der Waals surface area (Å²) in [6.45, 7) is 3.96. The average Bonchev–Trinajstić information content (AvgIpc) is 3.06. The summed E-state index contributed by atoms with van der Waals surface area (Å²) in [6, 6.07) is 10.7. The van der Waals surface area contributed by atoms with Gasteiger partial charge in [-0.2, -0.15) is 0 Å². The zero-order valence-corrected chi connectivity index (χ0v) is 17.0. The summed E-state index contributed by atoms with van der Waals surface area (Å²) in [6.07, 6.45) is 7.67. The van der Waals surface area contributed by atoms with Gasteiger partial charge in [-0.25, -0.2) is 4.98 Å². The lowest BCUT2D eigenvalue weighted by molar-refractivity contribution is 0.125. The van der Waals surface area contributed by atoms with Crippen molar-refractivity contribution in [2.24, 2.45) is 0 Å². The molecule has 0 bridgehead atoms. The molecule has 1 saturated heterocycles. The summed E-state index contributed by atoms with van der Waals surface area (Å²) < 4.78 is 8.37. The van der Waals surface area contributed by atoms with Crippen LogP contribution < -0.4 is 4.74 Å². The number of benzene rings is 1. The average molecular weight is 383 g/mol. The largest absolute Gasteiger partial charge is 0.492 e. The Labute approximate surface area is 164 Å². The predicted octanol–water partition coefficient (Wildman–Crippen LogP) is 4.40. The number of pyridine rings is 1. The summed E-state index contributed by atoms with van der Waals surface area (Å²) in [5.74, 6) is 1.78. The Morgan fingerprint density at radius 3 is 2.89 bits per heavy atom. The number of hydrogen-bond donors (Lipinski definition) is 0. The minimum absolute atomic E-state index is 0.491. The highest BCUT2D eigenvalue weighted by Gasteiger charge is 2.21. The van der Waals surface area contributed by atoms with Crippen molar-refractivity contribution < 1.29 is 4.74 Å². The van der Waals surface area contributed by atoms with Crippen LogP contribution in [0.3, 0.4) is 0 Å². The van der Waals surface area contributed by atoms with Crippen LogP contribution in [0.2, 0.25) is 0 Å². The van der Waals surface area contributed by atoms with E-state index in [0.717, 1.165) is 47.0 Å². The number of piperidine rings is 1. The standard InChI is InChI=1S/C21H26N4OS/c1-15-19(26-14-16-8-6-7-13-24(16)2)11-12-22-20(15)21-23-17-9-4-5-10-18(17)25(21)27-3/h4-5,9-12,16H,6-8,13-14H2,1-3H3. The molecule has 1 aliphatic rings. The van der Waals surface area contributed by atoms with Crippen LogP contribution in [-0.2, 0) is 0 Å². The summed E-state index contributed by atoms with van der Waals surface area (Å²) >= 11 is 1.64. The summed E-state index contributed by atoms with van der Waals surface area (Å²) in [5, 5.41) is 0. The molecule has 0 aliphatic carbocycles. The van der Waals surface area contributed by atoms with Gasteiger partial charge >= 0.3 is 0 Å². The first-order valence-corrected chi connectivity index (χ1v) is 10.7. The summed E-state index contributed by atoms with van der Waals surface area (Å²) in [4.78, 5) is 11.9. The Kier molecular flexibility index (Phi) is 5.36. The van der Waals surface area contributed by atoms with E-state index in [1.807, 2.05) is 30.5 Å². The molecule has 6 heteroatoms. The summed E-state index contributed by atoms with van der Waals surface area (Å²) in [5.41, 5.74) is 4.02. The SMILES string of the molecule is CSn1c(-c2nccc(OCC3CCCCN3C)c2C)nc2ccccc21. The molecule has 1 aromatic carbocycles. The molecule has 0 radical (unpaired) electrons. The van der Waals surface area contributed by atoms with E-state index in [1.54, 1.807) is 11.9 Å². The zero-order valence-electron chi connectivity index (χ0n) is 16.2. The first kappa shape index (κ1) is 18.3. The van der Waals surface area contributed by atoms with E-state index >= 15 is 0 Å². The van der Waals surface area contributed by atoms with E-state index < -0.39 is 0 Å². The first-order chi connectivity index (χ1) is 13.2. The fraction of sp³-hybridized carbons (Fsp3) is 0.429. The van der Waals surface area contributed by atoms with Gasteiger partial charge in [-0.15, -0.1) is 0 Å². The third-order valence-electron chi connectivity index (χ3n) is 5.42. The van der Waals surface area contributed by atoms with E-state index in [-0.39, 0.29) is 0 Å². The molecule has 1 atom stereocenters. The van der Waals surface area contributed by atoms with Crippen LogP contribution >= 0.6 is 11.9 Å². The number of likely N-dealkylation sites (N-methyl/N-ethyl adjacent to an activating group) is 1. The lowest BCUT2D eigenvalue weighted by atomic mass is 10.0. The lowest BCUT2D eigenvalue weighted by Crippen LogP contribution is -2.40. The second-order valence-electron chi connectivity index (χ2n) is 7.12. The van der Waals surface area contributed by atoms with Gasteiger partial charge < -0.3 is 9.64 Å². The Morgan fingerprint density at radius 2 is 2.07 bits per heavy atom. The fourth-order valence-corrected chi connectivity index (χ4v) is 4.43. The van der Waals surface area contributed by atoms with Crippen molar-refractivity contribution in [2.75, 3.05) is 26.5 Å². The van der Waals surface area contributed by atoms with Crippen molar-refractivity contribution >= 4 is 23.0 Å². The number of para-hydroxylation sites is 2. The zero-order chi connectivity index (χ0) is 18.8. The number of nitrogens with zero attached hydrogens (tertiary/aromatic N) is 4. The van der Waals surface area contributed by atoms with Crippen LogP contribution in [0.1, 0.15) is 24.8 Å². The number of fused-ring (bicyclic) bond motifs is 1. The molecule has 142 valence electrons. The van der Waals surface area contributed by atoms with Crippen molar-refractivity contribution in [3.8, 4) is 17.3 Å². The molecule has 1 aliphatic heterocycles. The van der Waals surface area contributed by atoms with Gasteiger partial charge in [0.05, 0.1) is 11.0 Å². The highest BCUT2D eigenvalue weighted by molar-refractivity contribution is 7.97. The molecule has 0 spiro atoms. The topological polar surface area (TPSA) is 43.2 Å². The fourth-order valence-electron chi connectivity index (χ4n) is 3.78. The van der Waals surface area contributed by atoms with Crippen molar-refractivity contribution in [3.05, 3.63) is 42.1 Å². The van der Waals surface area contributed by atoms with E-state index in [0.29, 0.717) is 6.04 Å². The van der Waals surface area contributed by atoms with Gasteiger partial charge in [0.2, 0.25) is 0 Å². The second-order valence-corrected chi connectivity index (χ2v) is 7.86. The van der Waals surface area contributed by atoms with Gasteiger partial charge in [0.25, 0.3) is 0 Å². The Bertz CT molecular complexity index is 939. The van der Waals surface area contributed by atoms with Crippen LogP contribution in [0.15, 0.2) is 36.5 Å². The first-order valence-electron chi connectivity index (χ1n) is 9.50. The van der Waals surface area contributed by atoms with Crippen LogP contribution in [0, 0.1) is 6.92 Å². The van der Waals surface area contributed by atoms with Crippen molar-refractivity contribution in [1.29, 1.82) is 0 Å². The smallest absolute Gasteiger partial charge is 0.170 e. The minimum atomic E-state index is 0.491. The number of likely N-dealkylation sites (tertiary alicyclic amines) is 1. The van der Waals surface area contributed by atoms with Gasteiger partial charge in [0.15, 0.2) is 5.82 Å². The molecule has 1 unspecified atom stereocenters. The third kappa shape index (κ3) is 3.56. The van der Waals surface area contributed by atoms with Crippen LogP contribution in [0.4, 0.5) is 0 Å². The molecule has 27 heavy (non-hydrogen) atoms. The Hall–Kier alpha value is -2.05. The highest BCUT2D eigenvalue weighted by Crippen LogP contribution is 2.32. The maximum absolute atomic E-state index is 6.23. The number of rotatable bonds is 5. The maximum Gasteiger partial charge on any atom is 0.170 e. The van der Waals surface area contributed by atoms with E-state index in [9.17, 15) is 0 Å². The van der Waals surface area contributed by atoms with E-state index in [1.165, 1.54) is 19.3 Å². The van der Waals surface area contributed by atoms with Crippen LogP contribution in [-0.4, -0.2) is 51.3 Å². The van der Waals surface area contributed by atoms with Gasteiger partial charge in [0.1, 0.15) is 18.1 Å². The lowest BCUT2D eigenvalue weighted by Gasteiger charge is -2.32. The highest BCUT2D eigenvalue weighted by atomic mass is 32.2. The molecule has 5 nitrogen and oxygen atoms in total. The van der Waals surface area contributed by atoms with Gasteiger partial charge in [-0.3, -0.25) is 8.96 Å². The molecule has 2 aromatic heterocycles.